The van der Waals surface area contributed by atoms with Crippen LogP contribution in [0.4, 0.5) is 0 Å². The van der Waals surface area contributed by atoms with Crippen LogP contribution >= 0.6 is 12.6 Å². The SMILES string of the molecule is C=C(O)CCCCCCCCCCCCCCCS. The molecule has 0 atom stereocenters. The van der Waals surface area contributed by atoms with Crippen LogP contribution in [0.3, 0.4) is 0 Å². The molecule has 0 aliphatic carbocycles. The van der Waals surface area contributed by atoms with Crippen LogP contribution in [0.15, 0.2) is 12.3 Å². The molecule has 0 amide bonds. The van der Waals surface area contributed by atoms with E-state index in [0.29, 0.717) is 5.76 Å². The van der Waals surface area contributed by atoms with E-state index in [-0.39, 0.29) is 0 Å². The summed E-state index contributed by atoms with van der Waals surface area (Å²) in [4.78, 5) is 0. The first-order valence-corrected chi connectivity index (χ1v) is 8.88. The molecule has 0 bridgehead atoms. The second-order valence-electron chi connectivity index (χ2n) is 5.64. The second-order valence-corrected chi connectivity index (χ2v) is 6.08. The van der Waals surface area contributed by atoms with E-state index in [2.05, 4.69) is 19.2 Å². The maximum Gasteiger partial charge on any atom is 0.0851 e. The van der Waals surface area contributed by atoms with Gasteiger partial charge in [-0.2, -0.15) is 12.6 Å². The summed E-state index contributed by atoms with van der Waals surface area (Å²) in [6, 6.07) is 0. The van der Waals surface area contributed by atoms with Crippen molar-refractivity contribution in [1.29, 1.82) is 0 Å². The molecular formula is C17H34OS. The minimum absolute atomic E-state index is 0.342. The van der Waals surface area contributed by atoms with Crippen molar-refractivity contribution in [3.63, 3.8) is 0 Å². The van der Waals surface area contributed by atoms with Crippen molar-refractivity contribution in [2.45, 2.75) is 89.9 Å². The molecule has 0 aromatic carbocycles. The van der Waals surface area contributed by atoms with Gasteiger partial charge in [0.05, 0.1) is 5.76 Å². The van der Waals surface area contributed by atoms with Gasteiger partial charge in [-0.1, -0.05) is 77.2 Å². The van der Waals surface area contributed by atoms with Gasteiger partial charge >= 0.3 is 0 Å². The minimum Gasteiger partial charge on any atom is -0.513 e. The van der Waals surface area contributed by atoms with E-state index in [1.165, 1.54) is 77.0 Å². The molecule has 1 N–H and O–H groups in total. The largest absolute Gasteiger partial charge is 0.513 e. The zero-order valence-corrected chi connectivity index (χ0v) is 13.6. The minimum atomic E-state index is 0.342. The van der Waals surface area contributed by atoms with Crippen LogP contribution in [0, 0.1) is 0 Å². The number of hydrogen-bond donors (Lipinski definition) is 2. The predicted octanol–water partition coefficient (Wildman–Crippen LogP) is 6.45. The molecule has 0 fully saturated rings. The Morgan fingerprint density at radius 3 is 1.26 bits per heavy atom. The van der Waals surface area contributed by atoms with E-state index in [4.69, 9.17) is 5.11 Å². The fourth-order valence-electron chi connectivity index (χ4n) is 2.39. The highest BCUT2D eigenvalue weighted by molar-refractivity contribution is 7.80. The van der Waals surface area contributed by atoms with E-state index >= 15 is 0 Å². The molecule has 114 valence electrons. The topological polar surface area (TPSA) is 20.2 Å². The van der Waals surface area contributed by atoms with E-state index in [1.807, 2.05) is 0 Å². The molecule has 0 aliphatic heterocycles. The predicted molar refractivity (Wildman–Crippen MR) is 90.3 cm³/mol. The van der Waals surface area contributed by atoms with Gasteiger partial charge in [0.25, 0.3) is 0 Å². The third-order valence-corrected chi connectivity index (χ3v) is 3.94. The van der Waals surface area contributed by atoms with Crippen molar-refractivity contribution in [3.8, 4) is 0 Å². The number of hydrogen-bond acceptors (Lipinski definition) is 2. The van der Waals surface area contributed by atoms with E-state index in [1.54, 1.807) is 0 Å². The molecule has 0 aromatic heterocycles. The summed E-state index contributed by atoms with van der Waals surface area (Å²) in [6.45, 7) is 3.51. The summed E-state index contributed by atoms with van der Waals surface area (Å²) >= 11 is 4.23. The lowest BCUT2D eigenvalue weighted by Crippen LogP contribution is -1.84. The quantitative estimate of drug-likeness (QED) is 0.201. The average molecular weight is 287 g/mol. The molecule has 0 rings (SSSR count). The molecule has 0 spiro atoms. The molecule has 0 aliphatic rings. The molecule has 0 aromatic rings. The molecule has 0 radical (unpaired) electrons. The van der Waals surface area contributed by atoms with E-state index < -0.39 is 0 Å². The highest BCUT2D eigenvalue weighted by Crippen LogP contribution is 2.13. The Balaban J connectivity index is 2.93. The van der Waals surface area contributed by atoms with Crippen LogP contribution in [0.25, 0.3) is 0 Å². The van der Waals surface area contributed by atoms with Gasteiger partial charge in [0.2, 0.25) is 0 Å². The van der Waals surface area contributed by atoms with Crippen LogP contribution < -0.4 is 0 Å². The summed E-state index contributed by atoms with van der Waals surface area (Å²) in [5.41, 5.74) is 0. The van der Waals surface area contributed by atoms with Crippen molar-refractivity contribution in [2.24, 2.45) is 0 Å². The molecule has 0 heterocycles. The Labute approximate surface area is 126 Å². The van der Waals surface area contributed by atoms with Crippen molar-refractivity contribution < 1.29 is 5.11 Å². The molecule has 0 saturated heterocycles. The van der Waals surface area contributed by atoms with Gasteiger partial charge in [-0.25, -0.2) is 0 Å². The van der Waals surface area contributed by atoms with Gasteiger partial charge in [-0.15, -0.1) is 0 Å². The van der Waals surface area contributed by atoms with Crippen molar-refractivity contribution in [3.05, 3.63) is 12.3 Å². The van der Waals surface area contributed by atoms with Crippen molar-refractivity contribution >= 4 is 12.6 Å². The Bertz CT molecular complexity index is 192. The van der Waals surface area contributed by atoms with E-state index in [9.17, 15) is 0 Å². The molecular weight excluding hydrogens is 252 g/mol. The maximum absolute atomic E-state index is 8.95. The number of aliphatic hydroxyl groups excluding tert-OH is 1. The Morgan fingerprint density at radius 2 is 0.947 bits per heavy atom. The Morgan fingerprint density at radius 1 is 0.632 bits per heavy atom. The number of rotatable bonds is 15. The summed E-state index contributed by atoms with van der Waals surface area (Å²) < 4.78 is 0. The van der Waals surface area contributed by atoms with Gasteiger partial charge in [0.1, 0.15) is 0 Å². The standard InChI is InChI=1S/C17H34OS/c1-17(18)15-13-11-9-7-5-3-2-4-6-8-10-12-14-16-19/h18-19H,1-16H2. The molecule has 0 saturated carbocycles. The highest BCUT2D eigenvalue weighted by atomic mass is 32.1. The second kappa shape index (κ2) is 15.9. The van der Waals surface area contributed by atoms with Gasteiger partial charge < -0.3 is 5.11 Å². The first kappa shape index (κ1) is 18.9. The number of unbranched alkanes of at least 4 members (excludes halogenated alkanes) is 12. The zero-order chi connectivity index (χ0) is 14.2. The average Bonchev–Trinajstić information content (AvgIpc) is 2.39. The molecule has 2 heteroatoms. The van der Waals surface area contributed by atoms with Gasteiger partial charge in [0, 0.05) is 6.42 Å². The summed E-state index contributed by atoms with van der Waals surface area (Å²) in [6.07, 6.45) is 18.3. The Kier molecular flexibility index (Phi) is 15.9. The summed E-state index contributed by atoms with van der Waals surface area (Å²) in [7, 11) is 0. The maximum atomic E-state index is 8.95. The number of aliphatic hydroxyl groups is 1. The first-order chi connectivity index (χ1) is 9.27. The fourth-order valence-corrected chi connectivity index (χ4v) is 2.61. The lowest BCUT2D eigenvalue weighted by molar-refractivity contribution is 0.383. The van der Waals surface area contributed by atoms with Crippen molar-refractivity contribution in [2.75, 3.05) is 5.75 Å². The molecule has 19 heavy (non-hydrogen) atoms. The van der Waals surface area contributed by atoms with Crippen LogP contribution in [0.5, 0.6) is 0 Å². The summed E-state index contributed by atoms with van der Waals surface area (Å²) in [5, 5.41) is 8.95. The van der Waals surface area contributed by atoms with Crippen LogP contribution in [-0.4, -0.2) is 10.9 Å². The Hall–Kier alpha value is -0.110. The summed E-state index contributed by atoms with van der Waals surface area (Å²) in [5.74, 6) is 1.39. The molecule has 1 nitrogen and oxygen atoms in total. The normalized spacial score (nSPS) is 10.8. The molecule has 0 unspecified atom stereocenters. The van der Waals surface area contributed by atoms with Gasteiger partial charge in [-0.3, -0.25) is 0 Å². The van der Waals surface area contributed by atoms with Crippen molar-refractivity contribution in [1.82, 2.24) is 0 Å². The van der Waals surface area contributed by atoms with E-state index in [0.717, 1.165) is 18.6 Å². The number of thiol groups is 1. The third kappa shape index (κ3) is 17.9. The fraction of sp³-hybridized carbons (Fsp3) is 0.882. The monoisotopic (exact) mass is 286 g/mol. The zero-order valence-electron chi connectivity index (χ0n) is 12.7. The first-order valence-electron chi connectivity index (χ1n) is 8.25. The van der Waals surface area contributed by atoms with Crippen LogP contribution in [0.1, 0.15) is 89.9 Å². The number of allylic oxidation sites excluding steroid dienone is 1. The lowest BCUT2D eigenvalue weighted by atomic mass is 10.0. The third-order valence-electron chi connectivity index (χ3n) is 3.62. The highest BCUT2D eigenvalue weighted by Gasteiger charge is 1.94. The van der Waals surface area contributed by atoms with Gasteiger partial charge in [-0.05, 0) is 18.6 Å². The smallest absolute Gasteiger partial charge is 0.0851 e. The van der Waals surface area contributed by atoms with Crippen LogP contribution in [-0.2, 0) is 0 Å². The van der Waals surface area contributed by atoms with Gasteiger partial charge in [0.15, 0.2) is 0 Å². The lowest BCUT2D eigenvalue weighted by Gasteiger charge is -2.03. The van der Waals surface area contributed by atoms with Crippen LogP contribution in [0.2, 0.25) is 0 Å².